The van der Waals surface area contributed by atoms with Crippen LogP contribution in [0, 0.1) is 5.92 Å². The van der Waals surface area contributed by atoms with Gasteiger partial charge in [-0.3, -0.25) is 9.59 Å². The summed E-state index contributed by atoms with van der Waals surface area (Å²) in [6.45, 7) is 5.09. The molecule has 1 saturated heterocycles. The average Bonchev–Trinajstić information content (AvgIpc) is 3.55. The van der Waals surface area contributed by atoms with Crippen molar-refractivity contribution in [3.8, 4) is 0 Å². The fraction of sp³-hybridized carbons (Fsp3) is 0.647. The molecule has 1 saturated carbocycles. The first-order valence-corrected chi connectivity index (χ1v) is 20.7. The van der Waals surface area contributed by atoms with Gasteiger partial charge in [0.25, 0.3) is 0 Å². The Kier molecular flexibility index (Phi) is 13.5. The van der Waals surface area contributed by atoms with E-state index in [0.29, 0.717) is 12.1 Å². The number of nitrogens with one attached hydrogen (secondary N) is 4. The second-order valence-corrected chi connectivity index (χ2v) is 19.3. The second kappa shape index (κ2) is 17.1. The predicted octanol–water partition coefficient (Wildman–Crippen LogP) is 2.34. The number of aromatic nitrogens is 2. The number of aliphatic hydroxyl groups is 1. The zero-order valence-electron chi connectivity index (χ0n) is 29.0. The Morgan fingerprint density at radius 3 is 2.10 bits per heavy atom. The first-order valence-electron chi connectivity index (χ1n) is 17.2. The number of carbonyl (C=O) groups excluding carboxylic acids is 3. The largest absolute Gasteiger partial charge is 0.444 e. The topological polar surface area (TPSA) is 214 Å². The minimum Gasteiger partial charge on any atom is -0.444 e. The van der Waals surface area contributed by atoms with Gasteiger partial charge in [0.15, 0.2) is 24.3 Å². The van der Waals surface area contributed by atoms with Crippen molar-refractivity contribution in [1.29, 1.82) is 0 Å². The molecule has 3 amide bonds. The zero-order chi connectivity index (χ0) is 36.5. The van der Waals surface area contributed by atoms with Crippen molar-refractivity contribution in [2.75, 3.05) is 11.5 Å². The van der Waals surface area contributed by atoms with Gasteiger partial charge in [-0.15, -0.1) is 0 Å². The van der Waals surface area contributed by atoms with Gasteiger partial charge in [0.05, 0.1) is 30.0 Å². The van der Waals surface area contributed by atoms with E-state index < -0.39 is 78.4 Å². The number of hydrogen-bond donors (Lipinski definition) is 5. The predicted molar refractivity (Wildman–Crippen MR) is 187 cm³/mol. The maximum atomic E-state index is 14.1. The van der Waals surface area contributed by atoms with Crippen molar-refractivity contribution in [3.05, 3.63) is 54.1 Å². The first-order chi connectivity index (χ1) is 23.5. The number of alkyl carbamates (subject to hydrolysis) is 1. The Morgan fingerprint density at radius 1 is 0.880 bits per heavy atom. The van der Waals surface area contributed by atoms with Crippen molar-refractivity contribution in [2.45, 2.75) is 119 Å². The number of hydrogen-bond acceptors (Lipinski definition) is 10. The van der Waals surface area contributed by atoms with Gasteiger partial charge in [-0.1, -0.05) is 62.4 Å². The van der Waals surface area contributed by atoms with Crippen molar-refractivity contribution in [2.24, 2.45) is 5.92 Å². The molecular weight excluding hydrogens is 687 g/mol. The van der Waals surface area contributed by atoms with Gasteiger partial charge in [-0.2, -0.15) is 0 Å². The third-order valence-corrected chi connectivity index (χ3v) is 14.6. The van der Waals surface area contributed by atoms with Gasteiger partial charge in [0.1, 0.15) is 17.7 Å². The highest BCUT2D eigenvalue weighted by Gasteiger charge is 2.44. The standard InChI is InChI=1S/C34H51N5O9S2/c1-34(2,3)48-33(43)39-27(18-24-13-8-5-9-14-24)31(41)38-28(19-25-21-35-22-36-25)32(42)37-26(17-23-11-6-4-7-12-23)29(40)20-30-49(44,45)15-10-16-50(30,46)47/h5,8-9,13-14,21-23,26-30,40H,4,6-7,10-12,15-20H2,1-3H3,(H,35,36)(H,37,42)(H,38,41)(H,39,43)/t26-,27-,28-,29-/m0/s1. The lowest BCUT2D eigenvalue weighted by atomic mass is 9.83. The Hall–Kier alpha value is -3.50. The normalized spacial score (nSPS) is 20.5. The fourth-order valence-corrected chi connectivity index (χ4v) is 11.7. The van der Waals surface area contributed by atoms with Gasteiger partial charge < -0.3 is 30.8 Å². The van der Waals surface area contributed by atoms with E-state index in [1.807, 2.05) is 6.07 Å². The molecule has 278 valence electrons. The molecule has 2 fully saturated rings. The minimum absolute atomic E-state index is 0.00251. The highest BCUT2D eigenvalue weighted by molar-refractivity contribution is 8.09. The number of imidazole rings is 1. The van der Waals surface area contributed by atoms with E-state index >= 15 is 0 Å². The lowest BCUT2D eigenvalue weighted by molar-refractivity contribution is -0.131. The number of rotatable bonds is 14. The molecule has 1 aromatic heterocycles. The molecule has 1 aliphatic carbocycles. The SMILES string of the molecule is CC(C)(C)OC(=O)N[C@@H](Cc1ccccc1)C(=O)N[C@@H](Cc1cnc[nH]1)C(=O)N[C@@H](CC1CCCCC1)[C@@H](O)CC1S(=O)(=O)CCCS1(=O)=O. The van der Waals surface area contributed by atoms with Crippen LogP contribution in [0.4, 0.5) is 4.79 Å². The number of sulfone groups is 2. The summed E-state index contributed by atoms with van der Waals surface area (Å²) in [7, 11) is -8.04. The van der Waals surface area contributed by atoms with E-state index in [0.717, 1.165) is 37.7 Å². The molecule has 2 aliphatic rings. The molecule has 5 N–H and O–H groups in total. The molecule has 1 aliphatic heterocycles. The van der Waals surface area contributed by atoms with Gasteiger partial charge in [-0.25, -0.2) is 26.6 Å². The first kappa shape index (κ1) is 39.3. The molecule has 2 aromatic rings. The fourth-order valence-electron chi connectivity index (χ4n) is 6.59. The number of H-pyrrole nitrogens is 1. The van der Waals surface area contributed by atoms with E-state index in [1.165, 1.54) is 12.5 Å². The summed E-state index contributed by atoms with van der Waals surface area (Å²) in [6, 6.07) is 5.69. The zero-order valence-corrected chi connectivity index (χ0v) is 30.6. The van der Waals surface area contributed by atoms with Crippen LogP contribution >= 0.6 is 0 Å². The van der Waals surface area contributed by atoms with Crippen LogP contribution in [0.15, 0.2) is 42.9 Å². The summed E-state index contributed by atoms with van der Waals surface area (Å²) in [5, 5.41) is 19.7. The highest BCUT2D eigenvalue weighted by Crippen LogP contribution is 2.30. The summed E-state index contributed by atoms with van der Waals surface area (Å²) < 4.78 is 55.0. The molecule has 4 rings (SSSR count). The molecule has 2 heterocycles. The Balaban J connectivity index is 1.58. The van der Waals surface area contributed by atoms with E-state index in [-0.39, 0.29) is 36.7 Å². The third-order valence-electron chi connectivity index (χ3n) is 9.10. The molecule has 1 aromatic carbocycles. The Bertz CT molecular complexity index is 1600. The lowest BCUT2D eigenvalue weighted by Gasteiger charge is -2.33. The van der Waals surface area contributed by atoms with Crippen LogP contribution < -0.4 is 16.0 Å². The Labute approximate surface area is 294 Å². The van der Waals surface area contributed by atoms with Crippen LogP contribution in [0.1, 0.15) is 83.4 Å². The van der Waals surface area contributed by atoms with Gasteiger partial charge in [0, 0.05) is 31.2 Å². The summed E-state index contributed by atoms with van der Waals surface area (Å²) >= 11 is 0. The molecule has 0 spiro atoms. The van der Waals surface area contributed by atoms with Crippen LogP contribution in [0.2, 0.25) is 0 Å². The molecule has 16 heteroatoms. The van der Waals surface area contributed by atoms with Crippen molar-refractivity contribution < 1.29 is 41.1 Å². The maximum absolute atomic E-state index is 14.1. The van der Waals surface area contributed by atoms with Crippen LogP contribution in [0.3, 0.4) is 0 Å². The number of nitrogens with zero attached hydrogens (tertiary/aromatic N) is 1. The summed E-state index contributed by atoms with van der Waals surface area (Å²) in [6.07, 6.45) is 5.14. The number of benzene rings is 1. The number of carbonyl (C=O) groups is 3. The highest BCUT2D eigenvalue weighted by atomic mass is 32.3. The van der Waals surface area contributed by atoms with E-state index in [1.54, 1.807) is 45.0 Å². The second-order valence-electron chi connectivity index (χ2n) is 14.4. The van der Waals surface area contributed by atoms with Crippen LogP contribution in [-0.4, -0.2) is 95.7 Å². The monoisotopic (exact) mass is 737 g/mol. The number of amides is 3. The molecule has 0 unspecified atom stereocenters. The summed E-state index contributed by atoms with van der Waals surface area (Å²) in [5.41, 5.74) is 0.446. The average molecular weight is 738 g/mol. The summed E-state index contributed by atoms with van der Waals surface area (Å²) in [5.74, 6) is -1.79. The van der Waals surface area contributed by atoms with E-state index in [4.69, 9.17) is 4.74 Å². The van der Waals surface area contributed by atoms with E-state index in [9.17, 15) is 36.3 Å². The maximum Gasteiger partial charge on any atom is 0.408 e. The minimum atomic E-state index is -4.02. The van der Waals surface area contributed by atoms with E-state index in [2.05, 4.69) is 25.9 Å². The van der Waals surface area contributed by atoms with Crippen molar-refractivity contribution >= 4 is 37.6 Å². The van der Waals surface area contributed by atoms with Crippen molar-refractivity contribution in [3.63, 3.8) is 0 Å². The molecule has 14 nitrogen and oxygen atoms in total. The Morgan fingerprint density at radius 2 is 1.50 bits per heavy atom. The van der Waals surface area contributed by atoms with Crippen LogP contribution in [-0.2, 0) is 46.8 Å². The quantitative estimate of drug-likeness (QED) is 0.191. The molecule has 50 heavy (non-hydrogen) atoms. The third kappa shape index (κ3) is 11.8. The molecular formula is C34H51N5O9S2. The number of ether oxygens (including phenoxy) is 1. The van der Waals surface area contributed by atoms with Gasteiger partial charge in [0.2, 0.25) is 11.8 Å². The molecule has 0 bridgehead atoms. The number of aliphatic hydroxyl groups excluding tert-OH is 1. The van der Waals surface area contributed by atoms with Crippen LogP contribution in [0.5, 0.6) is 0 Å². The smallest absolute Gasteiger partial charge is 0.408 e. The van der Waals surface area contributed by atoms with Crippen LogP contribution in [0.25, 0.3) is 0 Å². The number of aromatic amines is 1. The van der Waals surface area contributed by atoms with Gasteiger partial charge >= 0.3 is 6.09 Å². The van der Waals surface area contributed by atoms with Crippen molar-refractivity contribution in [1.82, 2.24) is 25.9 Å². The van der Waals surface area contributed by atoms with Gasteiger partial charge in [-0.05, 0) is 45.1 Å². The molecule has 0 radical (unpaired) electrons. The lowest BCUT2D eigenvalue weighted by Crippen LogP contribution is -2.58. The summed E-state index contributed by atoms with van der Waals surface area (Å²) in [4.78, 5) is 47.7. The molecule has 4 atom stereocenters.